The van der Waals surface area contributed by atoms with Crippen molar-refractivity contribution in [2.45, 2.75) is 18.4 Å². The summed E-state index contributed by atoms with van der Waals surface area (Å²) in [5, 5.41) is 14.7. The maximum atomic E-state index is 12.3. The van der Waals surface area contributed by atoms with Crippen molar-refractivity contribution in [3.8, 4) is 11.4 Å². The average Bonchev–Trinajstić information content (AvgIpc) is 3.05. The summed E-state index contributed by atoms with van der Waals surface area (Å²) in [6, 6.07) is 13.9. The highest BCUT2D eigenvalue weighted by Gasteiger charge is 2.13. The van der Waals surface area contributed by atoms with Gasteiger partial charge in [-0.3, -0.25) is 4.79 Å². The largest absolute Gasteiger partial charge is 0.324 e. The van der Waals surface area contributed by atoms with Gasteiger partial charge in [-0.1, -0.05) is 36.4 Å². The lowest BCUT2D eigenvalue weighted by Crippen LogP contribution is -2.21. The van der Waals surface area contributed by atoms with Crippen LogP contribution in [-0.2, 0) is 21.2 Å². The molecule has 3 rings (SSSR count). The molecule has 0 radical (unpaired) electrons. The van der Waals surface area contributed by atoms with Gasteiger partial charge in [-0.15, -0.1) is 10.2 Å². The van der Waals surface area contributed by atoms with E-state index in [1.807, 2.05) is 30.3 Å². The fourth-order valence-electron chi connectivity index (χ4n) is 2.30. The first-order valence-corrected chi connectivity index (χ1v) is 9.66. The number of aryl methyl sites for hydroxylation is 1. The Kier molecular flexibility index (Phi) is 4.81. The number of carbonyl (C=O) groups excluding carboxylic acids is 1. The number of rotatable bonds is 5. The molecule has 0 aliphatic rings. The van der Waals surface area contributed by atoms with Gasteiger partial charge in [0.2, 0.25) is 11.7 Å². The first-order valence-electron chi connectivity index (χ1n) is 7.77. The first kappa shape index (κ1) is 17.7. The minimum atomic E-state index is -3.36. The van der Waals surface area contributed by atoms with Gasteiger partial charge in [-0.05, 0) is 29.8 Å². The Hall–Kier alpha value is -3.07. The summed E-state index contributed by atoms with van der Waals surface area (Å²) in [7, 11) is -3.36. The number of nitrogens with zero attached hydrogens (tertiary/aromatic N) is 4. The average molecular weight is 371 g/mol. The summed E-state index contributed by atoms with van der Waals surface area (Å²) in [4.78, 5) is 13.6. The fourth-order valence-corrected chi connectivity index (χ4v) is 2.94. The van der Waals surface area contributed by atoms with Crippen LogP contribution in [0, 0.1) is 6.92 Å². The smallest absolute Gasteiger partial charge is 0.248 e. The van der Waals surface area contributed by atoms with Crippen molar-refractivity contribution in [1.29, 1.82) is 0 Å². The van der Waals surface area contributed by atoms with Crippen LogP contribution in [0.5, 0.6) is 0 Å². The van der Waals surface area contributed by atoms with Crippen molar-refractivity contribution in [3.05, 3.63) is 54.1 Å². The summed E-state index contributed by atoms with van der Waals surface area (Å²) < 4.78 is 23.3. The van der Waals surface area contributed by atoms with Gasteiger partial charge in [0.25, 0.3) is 0 Å². The monoisotopic (exact) mass is 371 g/mol. The number of tetrazole rings is 1. The highest BCUT2D eigenvalue weighted by atomic mass is 32.2. The molecular formula is C17H17N5O3S. The van der Waals surface area contributed by atoms with Crippen molar-refractivity contribution in [1.82, 2.24) is 20.2 Å². The van der Waals surface area contributed by atoms with Crippen LogP contribution >= 0.6 is 0 Å². The molecule has 0 aliphatic heterocycles. The van der Waals surface area contributed by atoms with Crippen LogP contribution in [0.15, 0.2) is 53.4 Å². The molecule has 26 heavy (non-hydrogen) atoms. The molecule has 1 heterocycles. The van der Waals surface area contributed by atoms with Crippen LogP contribution in [0.3, 0.4) is 0 Å². The Morgan fingerprint density at radius 3 is 2.58 bits per heavy atom. The Morgan fingerprint density at radius 2 is 1.88 bits per heavy atom. The van der Waals surface area contributed by atoms with E-state index in [0.717, 1.165) is 17.4 Å². The number of benzene rings is 2. The lowest BCUT2D eigenvalue weighted by molar-refractivity contribution is -0.117. The Balaban J connectivity index is 1.73. The highest BCUT2D eigenvalue weighted by molar-refractivity contribution is 7.90. The van der Waals surface area contributed by atoms with Crippen LogP contribution in [-0.4, -0.2) is 40.8 Å². The van der Waals surface area contributed by atoms with Crippen LogP contribution in [0.1, 0.15) is 5.56 Å². The molecule has 0 spiro atoms. The Labute approximate surface area is 150 Å². The molecule has 0 bridgehead atoms. The number of amides is 1. The zero-order valence-corrected chi connectivity index (χ0v) is 15.1. The summed E-state index contributed by atoms with van der Waals surface area (Å²) >= 11 is 0. The number of nitrogens with one attached hydrogen (secondary N) is 1. The van der Waals surface area contributed by atoms with E-state index >= 15 is 0 Å². The van der Waals surface area contributed by atoms with Crippen molar-refractivity contribution in [2.24, 2.45) is 0 Å². The van der Waals surface area contributed by atoms with Gasteiger partial charge in [0, 0.05) is 17.5 Å². The van der Waals surface area contributed by atoms with Crippen LogP contribution in [0.4, 0.5) is 5.69 Å². The highest BCUT2D eigenvalue weighted by Crippen LogP contribution is 2.20. The van der Waals surface area contributed by atoms with Gasteiger partial charge in [0.15, 0.2) is 9.84 Å². The van der Waals surface area contributed by atoms with E-state index < -0.39 is 9.84 Å². The number of hydrogen-bond acceptors (Lipinski definition) is 6. The SMILES string of the molecule is Cc1ccc(S(C)(=O)=O)cc1NC(=O)Cn1nnc(-c2ccccc2)n1. The molecule has 0 saturated carbocycles. The van der Waals surface area contributed by atoms with Crippen molar-refractivity contribution >= 4 is 21.4 Å². The minimum absolute atomic E-state index is 0.137. The Bertz CT molecular complexity index is 1050. The Morgan fingerprint density at radius 1 is 1.15 bits per heavy atom. The van der Waals surface area contributed by atoms with Gasteiger partial charge in [0.05, 0.1) is 4.90 Å². The molecule has 0 unspecified atom stereocenters. The molecule has 9 heteroatoms. The fraction of sp³-hybridized carbons (Fsp3) is 0.176. The van der Waals surface area contributed by atoms with Crippen LogP contribution in [0.2, 0.25) is 0 Å². The van der Waals surface area contributed by atoms with Gasteiger partial charge in [0.1, 0.15) is 6.54 Å². The zero-order valence-electron chi connectivity index (χ0n) is 14.2. The van der Waals surface area contributed by atoms with E-state index in [-0.39, 0.29) is 17.3 Å². The van der Waals surface area contributed by atoms with Gasteiger partial charge in [-0.25, -0.2) is 8.42 Å². The predicted octanol–water partition coefficient (Wildman–Crippen LogP) is 1.69. The van der Waals surface area contributed by atoms with Gasteiger partial charge < -0.3 is 5.32 Å². The standard InChI is InChI=1S/C17H17N5O3S/c1-12-8-9-14(26(2,24)25)10-15(12)18-16(23)11-22-20-17(19-21-22)13-6-4-3-5-7-13/h3-10H,11H2,1-2H3,(H,18,23). The number of aromatic nitrogens is 4. The van der Waals surface area contributed by atoms with Gasteiger partial charge in [-0.2, -0.15) is 4.80 Å². The summed E-state index contributed by atoms with van der Waals surface area (Å²) in [6.45, 7) is 1.64. The van der Waals surface area contributed by atoms with E-state index in [2.05, 4.69) is 20.7 Å². The molecule has 1 N–H and O–H groups in total. The lowest BCUT2D eigenvalue weighted by atomic mass is 10.2. The van der Waals surface area contributed by atoms with E-state index in [0.29, 0.717) is 11.5 Å². The third kappa shape index (κ3) is 4.12. The summed E-state index contributed by atoms with van der Waals surface area (Å²) in [6.07, 6.45) is 1.12. The first-order chi connectivity index (χ1) is 12.3. The minimum Gasteiger partial charge on any atom is -0.324 e. The number of hydrogen-bond donors (Lipinski definition) is 1. The van der Waals surface area contributed by atoms with Crippen molar-refractivity contribution < 1.29 is 13.2 Å². The number of anilines is 1. The second-order valence-electron chi connectivity index (χ2n) is 5.81. The van der Waals surface area contributed by atoms with Crippen molar-refractivity contribution in [2.75, 3.05) is 11.6 Å². The maximum Gasteiger partial charge on any atom is 0.248 e. The number of sulfone groups is 1. The van der Waals surface area contributed by atoms with E-state index in [9.17, 15) is 13.2 Å². The second-order valence-corrected chi connectivity index (χ2v) is 7.82. The molecule has 0 fully saturated rings. The van der Waals surface area contributed by atoms with E-state index in [4.69, 9.17) is 0 Å². The molecule has 3 aromatic rings. The second kappa shape index (κ2) is 7.04. The molecule has 1 amide bonds. The third-order valence-electron chi connectivity index (χ3n) is 3.68. The van der Waals surface area contributed by atoms with Crippen LogP contribution in [0.25, 0.3) is 11.4 Å². The molecule has 0 saturated heterocycles. The number of carbonyl (C=O) groups is 1. The molecule has 0 atom stereocenters. The summed E-state index contributed by atoms with van der Waals surface area (Å²) in [5.74, 6) is 0.0458. The lowest BCUT2D eigenvalue weighted by Gasteiger charge is -2.09. The molecular weight excluding hydrogens is 354 g/mol. The quantitative estimate of drug-likeness (QED) is 0.731. The zero-order chi connectivity index (χ0) is 18.7. The molecule has 2 aromatic carbocycles. The van der Waals surface area contributed by atoms with Gasteiger partial charge >= 0.3 is 0 Å². The third-order valence-corrected chi connectivity index (χ3v) is 4.79. The molecule has 8 nitrogen and oxygen atoms in total. The summed E-state index contributed by atoms with van der Waals surface area (Å²) in [5.41, 5.74) is 1.99. The van der Waals surface area contributed by atoms with E-state index in [1.165, 1.54) is 16.9 Å². The normalized spacial score (nSPS) is 11.3. The molecule has 0 aliphatic carbocycles. The topological polar surface area (TPSA) is 107 Å². The molecule has 134 valence electrons. The van der Waals surface area contributed by atoms with E-state index in [1.54, 1.807) is 13.0 Å². The maximum absolute atomic E-state index is 12.3. The molecule has 1 aromatic heterocycles. The predicted molar refractivity (Wildman–Crippen MR) is 96.2 cm³/mol. The van der Waals surface area contributed by atoms with Crippen LogP contribution < -0.4 is 5.32 Å². The van der Waals surface area contributed by atoms with Crippen molar-refractivity contribution in [3.63, 3.8) is 0 Å².